The van der Waals surface area contributed by atoms with Gasteiger partial charge in [-0.2, -0.15) is 0 Å². The summed E-state index contributed by atoms with van der Waals surface area (Å²) in [5.41, 5.74) is 6.78. The molecule has 0 bridgehead atoms. The van der Waals surface area contributed by atoms with Crippen LogP contribution in [0.2, 0.25) is 0 Å². The van der Waals surface area contributed by atoms with Gasteiger partial charge in [-0.25, -0.2) is 4.79 Å². The minimum Gasteiger partial charge on any atom is -0.457 e. The highest BCUT2D eigenvalue weighted by molar-refractivity contribution is 5.89. The molecule has 1 fully saturated rings. The van der Waals surface area contributed by atoms with Crippen LogP contribution in [0.15, 0.2) is 24.3 Å². The molecule has 0 spiro atoms. The average molecular weight is 234 g/mol. The molecule has 1 aliphatic rings. The number of esters is 1. The molecule has 0 radical (unpaired) electrons. The molecule has 92 valence electrons. The molecule has 1 heterocycles. The van der Waals surface area contributed by atoms with Crippen LogP contribution in [0.25, 0.3) is 0 Å². The number of carbonyl (C=O) groups is 1. The van der Waals surface area contributed by atoms with Gasteiger partial charge in [0.05, 0.1) is 5.56 Å². The molecule has 0 aliphatic carbocycles. The first-order chi connectivity index (χ1) is 8.19. The van der Waals surface area contributed by atoms with Crippen molar-refractivity contribution in [1.29, 1.82) is 0 Å². The molecule has 1 aromatic carbocycles. The summed E-state index contributed by atoms with van der Waals surface area (Å²) in [6.45, 7) is 4.98. The predicted octanol–water partition coefficient (Wildman–Crippen LogP) is 1.52. The summed E-state index contributed by atoms with van der Waals surface area (Å²) < 4.78 is 5.45. The van der Waals surface area contributed by atoms with E-state index >= 15 is 0 Å². The smallest absolute Gasteiger partial charge is 0.338 e. The average Bonchev–Trinajstić information content (AvgIpc) is 2.77. The van der Waals surface area contributed by atoms with Crippen LogP contribution in [-0.2, 0) is 4.74 Å². The number of likely N-dealkylation sites (tertiary alicyclic amines) is 1. The van der Waals surface area contributed by atoms with Gasteiger partial charge >= 0.3 is 5.97 Å². The maximum absolute atomic E-state index is 11.8. The van der Waals surface area contributed by atoms with E-state index in [1.54, 1.807) is 24.3 Å². The van der Waals surface area contributed by atoms with Gasteiger partial charge in [-0.05, 0) is 37.2 Å². The highest BCUT2D eigenvalue weighted by atomic mass is 16.5. The zero-order chi connectivity index (χ0) is 12.3. The fourth-order valence-electron chi connectivity index (χ4n) is 2.02. The highest BCUT2D eigenvalue weighted by Crippen LogP contribution is 2.15. The van der Waals surface area contributed by atoms with E-state index in [1.807, 2.05) is 0 Å². The Hall–Kier alpha value is -1.55. The van der Waals surface area contributed by atoms with E-state index < -0.39 is 0 Å². The number of ether oxygens (including phenoxy) is 1. The molecule has 0 unspecified atom stereocenters. The van der Waals surface area contributed by atoms with E-state index in [4.69, 9.17) is 10.5 Å². The second-order valence-corrected chi connectivity index (χ2v) is 4.33. The quantitative estimate of drug-likeness (QED) is 0.636. The largest absolute Gasteiger partial charge is 0.457 e. The monoisotopic (exact) mass is 234 g/mol. The van der Waals surface area contributed by atoms with E-state index in [2.05, 4.69) is 11.8 Å². The lowest BCUT2D eigenvalue weighted by Gasteiger charge is -2.14. The fraction of sp³-hybridized carbons (Fsp3) is 0.462. The van der Waals surface area contributed by atoms with E-state index in [9.17, 15) is 4.79 Å². The third kappa shape index (κ3) is 2.97. The molecule has 0 amide bonds. The van der Waals surface area contributed by atoms with Crippen LogP contribution in [0.5, 0.6) is 0 Å². The van der Waals surface area contributed by atoms with Crippen molar-refractivity contribution < 1.29 is 9.53 Å². The van der Waals surface area contributed by atoms with Crippen LogP contribution in [-0.4, -0.2) is 36.6 Å². The van der Waals surface area contributed by atoms with Crippen LogP contribution < -0.4 is 5.73 Å². The normalized spacial score (nSPS) is 20.4. The first-order valence-electron chi connectivity index (χ1n) is 5.98. The van der Waals surface area contributed by atoms with Crippen LogP contribution >= 0.6 is 0 Å². The van der Waals surface area contributed by atoms with Crippen molar-refractivity contribution in [3.8, 4) is 0 Å². The Morgan fingerprint density at radius 3 is 2.76 bits per heavy atom. The van der Waals surface area contributed by atoms with Gasteiger partial charge in [-0.1, -0.05) is 6.92 Å². The molecule has 4 nitrogen and oxygen atoms in total. The Morgan fingerprint density at radius 1 is 1.47 bits per heavy atom. The van der Waals surface area contributed by atoms with Gasteiger partial charge in [-0.3, -0.25) is 4.90 Å². The van der Waals surface area contributed by atoms with E-state index in [0.29, 0.717) is 11.3 Å². The molecule has 1 atom stereocenters. The summed E-state index contributed by atoms with van der Waals surface area (Å²) in [5, 5.41) is 0. The van der Waals surface area contributed by atoms with Gasteiger partial charge in [0.25, 0.3) is 0 Å². The van der Waals surface area contributed by atoms with Crippen molar-refractivity contribution >= 4 is 11.7 Å². The Morgan fingerprint density at radius 2 is 2.18 bits per heavy atom. The standard InChI is InChI=1S/C13H18N2O2/c1-2-15-8-7-12(9-15)17-13(16)10-3-5-11(14)6-4-10/h3-6,12H,2,7-9,14H2,1H3/t12-/m1/s1. The number of nitrogen functional groups attached to an aromatic ring is 1. The molecule has 0 aromatic heterocycles. The Bertz CT molecular complexity index is 389. The number of anilines is 1. The van der Waals surface area contributed by atoms with Crippen LogP contribution in [0.3, 0.4) is 0 Å². The minimum atomic E-state index is -0.257. The Kier molecular flexibility index (Phi) is 3.64. The second kappa shape index (κ2) is 5.19. The summed E-state index contributed by atoms with van der Waals surface area (Å²) in [6.07, 6.45) is 0.953. The molecular formula is C13H18N2O2. The van der Waals surface area contributed by atoms with Crippen LogP contribution in [0, 0.1) is 0 Å². The summed E-state index contributed by atoms with van der Waals surface area (Å²) in [7, 11) is 0. The molecule has 1 aromatic rings. The molecule has 1 aliphatic heterocycles. The van der Waals surface area contributed by atoms with Gasteiger partial charge in [0.1, 0.15) is 6.10 Å². The summed E-state index contributed by atoms with van der Waals surface area (Å²) in [6, 6.07) is 6.82. The van der Waals surface area contributed by atoms with Crippen molar-refractivity contribution in [3.05, 3.63) is 29.8 Å². The zero-order valence-corrected chi connectivity index (χ0v) is 10.1. The Balaban J connectivity index is 1.91. The number of carbonyl (C=O) groups excluding carboxylic acids is 1. The van der Waals surface area contributed by atoms with Crippen LogP contribution in [0.1, 0.15) is 23.7 Å². The van der Waals surface area contributed by atoms with Crippen molar-refractivity contribution in [2.75, 3.05) is 25.4 Å². The van der Waals surface area contributed by atoms with E-state index in [0.717, 1.165) is 26.1 Å². The van der Waals surface area contributed by atoms with Gasteiger partial charge in [0.2, 0.25) is 0 Å². The lowest BCUT2D eigenvalue weighted by Crippen LogP contribution is -2.24. The summed E-state index contributed by atoms with van der Waals surface area (Å²) >= 11 is 0. The van der Waals surface area contributed by atoms with Crippen molar-refractivity contribution in [1.82, 2.24) is 4.90 Å². The van der Waals surface area contributed by atoms with Crippen molar-refractivity contribution in [3.63, 3.8) is 0 Å². The number of benzene rings is 1. The number of rotatable bonds is 3. The van der Waals surface area contributed by atoms with Gasteiger partial charge in [-0.15, -0.1) is 0 Å². The lowest BCUT2D eigenvalue weighted by atomic mass is 10.2. The molecule has 17 heavy (non-hydrogen) atoms. The summed E-state index contributed by atoms with van der Waals surface area (Å²) in [4.78, 5) is 14.1. The molecule has 1 saturated heterocycles. The fourth-order valence-corrected chi connectivity index (χ4v) is 2.02. The first-order valence-corrected chi connectivity index (χ1v) is 5.98. The molecule has 4 heteroatoms. The number of likely N-dealkylation sites (N-methyl/N-ethyl adjacent to an activating group) is 1. The van der Waals surface area contributed by atoms with E-state index in [1.165, 1.54) is 0 Å². The first kappa shape index (κ1) is 11.9. The maximum atomic E-state index is 11.8. The number of nitrogens with two attached hydrogens (primary N) is 1. The molecule has 2 rings (SSSR count). The third-order valence-electron chi connectivity index (χ3n) is 3.10. The van der Waals surface area contributed by atoms with Gasteiger partial charge < -0.3 is 10.5 Å². The minimum absolute atomic E-state index is 0.0278. The van der Waals surface area contributed by atoms with Crippen molar-refractivity contribution in [2.45, 2.75) is 19.4 Å². The lowest BCUT2D eigenvalue weighted by molar-refractivity contribution is 0.0323. The third-order valence-corrected chi connectivity index (χ3v) is 3.10. The number of hydrogen-bond donors (Lipinski definition) is 1. The molecule has 2 N–H and O–H groups in total. The molecule has 0 saturated carbocycles. The SMILES string of the molecule is CCN1CC[C@@H](OC(=O)c2ccc(N)cc2)C1. The van der Waals surface area contributed by atoms with E-state index in [-0.39, 0.29) is 12.1 Å². The second-order valence-electron chi connectivity index (χ2n) is 4.33. The van der Waals surface area contributed by atoms with Crippen molar-refractivity contribution in [2.24, 2.45) is 0 Å². The summed E-state index contributed by atoms with van der Waals surface area (Å²) in [5.74, 6) is -0.257. The van der Waals surface area contributed by atoms with Gasteiger partial charge in [0.15, 0.2) is 0 Å². The van der Waals surface area contributed by atoms with Crippen LogP contribution in [0.4, 0.5) is 5.69 Å². The topological polar surface area (TPSA) is 55.6 Å². The highest BCUT2D eigenvalue weighted by Gasteiger charge is 2.24. The Labute approximate surface area is 101 Å². The van der Waals surface area contributed by atoms with Gasteiger partial charge in [0, 0.05) is 18.8 Å². The zero-order valence-electron chi connectivity index (χ0n) is 10.1. The number of nitrogens with zero attached hydrogens (tertiary/aromatic N) is 1. The maximum Gasteiger partial charge on any atom is 0.338 e. The number of hydrogen-bond acceptors (Lipinski definition) is 4. The predicted molar refractivity (Wildman–Crippen MR) is 66.8 cm³/mol. The molecular weight excluding hydrogens is 216 g/mol.